The van der Waals surface area contributed by atoms with Gasteiger partial charge < -0.3 is 34.3 Å². The summed E-state index contributed by atoms with van der Waals surface area (Å²) in [5, 5.41) is 30.1. The first-order chi connectivity index (χ1) is 14.2. The second-order valence-electron chi connectivity index (χ2n) is 5.95. The number of hydrogen-bond acceptors (Lipinski definition) is 11. The van der Waals surface area contributed by atoms with Gasteiger partial charge >= 0.3 is 23.9 Å². The molecule has 1 aromatic carbocycles. The van der Waals surface area contributed by atoms with Crippen molar-refractivity contribution in [3.8, 4) is 17.2 Å². The zero-order valence-corrected chi connectivity index (χ0v) is 16.3. The van der Waals surface area contributed by atoms with Crippen LogP contribution in [0.1, 0.15) is 35.7 Å². The fourth-order valence-corrected chi connectivity index (χ4v) is 2.96. The molecule has 0 bridgehead atoms. The van der Waals surface area contributed by atoms with Crippen LogP contribution in [0.3, 0.4) is 0 Å². The van der Waals surface area contributed by atoms with E-state index in [1.807, 2.05) is 0 Å². The quantitative estimate of drug-likeness (QED) is 0.254. The lowest BCUT2D eigenvalue weighted by Crippen LogP contribution is -2.41. The smallest absolute Gasteiger partial charge is 0.348 e. The van der Waals surface area contributed by atoms with Gasteiger partial charge in [-0.15, -0.1) is 0 Å². The number of carbonyl (C=O) groups is 4. The van der Waals surface area contributed by atoms with Crippen molar-refractivity contribution in [2.24, 2.45) is 0 Å². The molecule has 2 rings (SSSR count). The molecule has 0 amide bonds. The Morgan fingerprint density at radius 3 is 2.30 bits per heavy atom. The number of ether oxygens (including phenoxy) is 4. The van der Waals surface area contributed by atoms with E-state index in [1.165, 1.54) is 13.8 Å². The van der Waals surface area contributed by atoms with Gasteiger partial charge in [0.25, 0.3) is 0 Å². The minimum Gasteiger partial charge on any atom is -0.504 e. The Balaban J connectivity index is 2.83. The van der Waals surface area contributed by atoms with E-state index in [1.54, 1.807) is 0 Å². The molecule has 0 saturated carbocycles. The van der Waals surface area contributed by atoms with Crippen LogP contribution in [0.4, 0.5) is 0 Å². The monoisotopic (exact) mass is 424 g/mol. The Morgan fingerprint density at radius 1 is 1.10 bits per heavy atom. The third-order valence-corrected chi connectivity index (χ3v) is 4.20. The predicted molar refractivity (Wildman–Crippen MR) is 96.7 cm³/mol. The van der Waals surface area contributed by atoms with E-state index in [0.29, 0.717) is 0 Å². The molecule has 1 aliphatic rings. The third kappa shape index (κ3) is 4.14. The number of esters is 4. The predicted octanol–water partition coefficient (Wildman–Crippen LogP) is 0.652. The molecule has 30 heavy (non-hydrogen) atoms. The number of methoxy groups -OCH3 is 1. The van der Waals surface area contributed by atoms with Gasteiger partial charge in [0.15, 0.2) is 11.5 Å². The topological polar surface area (TPSA) is 166 Å². The molecule has 11 nitrogen and oxygen atoms in total. The summed E-state index contributed by atoms with van der Waals surface area (Å²) in [4.78, 5) is 49.3. The number of aromatic hydroxyl groups is 3. The largest absolute Gasteiger partial charge is 0.504 e. The third-order valence-electron chi connectivity index (χ3n) is 4.20. The molecule has 0 saturated heterocycles. The maximum Gasteiger partial charge on any atom is 0.348 e. The highest BCUT2D eigenvalue weighted by Crippen LogP contribution is 2.49. The van der Waals surface area contributed by atoms with E-state index in [9.17, 15) is 34.5 Å². The van der Waals surface area contributed by atoms with Crippen LogP contribution in [0.2, 0.25) is 0 Å². The number of rotatable bonds is 6. The Morgan fingerprint density at radius 2 is 1.73 bits per heavy atom. The van der Waals surface area contributed by atoms with Crippen molar-refractivity contribution < 1.29 is 53.4 Å². The van der Waals surface area contributed by atoms with Gasteiger partial charge in [-0.05, 0) is 19.9 Å². The number of phenols is 3. The summed E-state index contributed by atoms with van der Waals surface area (Å²) < 4.78 is 19.4. The molecule has 2 atom stereocenters. The molecule has 1 aliphatic heterocycles. The summed E-state index contributed by atoms with van der Waals surface area (Å²) in [6, 6.07) is 0.792. The fourth-order valence-electron chi connectivity index (χ4n) is 2.96. The molecule has 3 N–H and O–H groups in total. The standard InChI is InChI=1S/C19H20O11/c1-4-28-11(21)7-9(17(24)29-5-2)13-12-8(6-10(20)14(22)15(12)23)18(25)30-16(13)19(26)27-3/h6-7,13,16,20,22-23H,4-5H2,1-3H3/b9-7-/t13-,16-/m0/s1. The first-order valence-electron chi connectivity index (χ1n) is 8.79. The van der Waals surface area contributed by atoms with Gasteiger partial charge in [-0.3, -0.25) is 0 Å². The van der Waals surface area contributed by atoms with Gasteiger partial charge in [-0.1, -0.05) is 0 Å². The molecular weight excluding hydrogens is 404 g/mol. The first kappa shape index (κ1) is 22.5. The van der Waals surface area contributed by atoms with Crippen molar-refractivity contribution in [2.75, 3.05) is 20.3 Å². The second kappa shape index (κ2) is 9.16. The van der Waals surface area contributed by atoms with Crippen LogP contribution in [0, 0.1) is 0 Å². The molecule has 0 spiro atoms. The van der Waals surface area contributed by atoms with Crippen molar-refractivity contribution in [3.63, 3.8) is 0 Å². The van der Waals surface area contributed by atoms with E-state index in [2.05, 4.69) is 4.74 Å². The van der Waals surface area contributed by atoms with E-state index >= 15 is 0 Å². The maximum atomic E-state index is 12.6. The highest BCUT2D eigenvalue weighted by molar-refractivity contribution is 6.03. The van der Waals surface area contributed by atoms with Gasteiger partial charge in [-0.2, -0.15) is 0 Å². The normalized spacial score (nSPS) is 18.1. The van der Waals surface area contributed by atoms with E-state index in [0.717, 1.165) is 19.3 Å². The van der Waals surface area contributed by atoms with Crippen molar-refractivity contribution in [1.29, 1.82) is 0 Å². The Kier molecular flexibility index (Phi) is 6.88. The van der Waals surface area contributed by atoms with Crippen LogP contribution in [0.5, 0.6) is 17.2 Å². The van der Waals surface area contributed by atoms with Crippen molar-refractivity contribution in [3.05, 3.63) is 28.8 Å². The van der Waals surface area contributed by atoms with Crippen LogP contribution in [0.25, 0.3) is 0 Å². The maximum absolute atomic E-state index is 12.6. The highest BCUT2D eigenvalue weighted by atomic mass is 16.6. The molecule has 1 heterocycles. The molecule has 0 aromatic heterocycles. The minimum atomic E-state index is -1.81. The molecule has 1 aromatic rings. The summed E-state index contributed by atoms with van der Waals surface area (Å²) in [7, 11) is 0.996. The van der Waals surface area contributed by atoms with Crippen LogP contribution < -0.4 is 0 Å². The van der Waals surface area contributed by atoms with Gasteiger partial charge in [0, 0.05) is 11.6 Å². The molecule has 0 fully saturated rings. The Labute approximate surface area is 170 Å². The van der Waals surface area contributed by atoms with Crippen LogP contribution in [0.15, 0.2) is 17.7 Å². The van der Waals surface area contributed by atoms with Gasteiger partial charge in [0.05, 0.1) is 37.4 Å². The second-order valence-corrected chi connectivity index (χ2v) is 5.95. The summed E-state index contributed by atoms with van der Waals surface area (Å²) in [5.74, 6) is -8.72. The lowest BCUT2D eigenvalue weighted by atomic mass is 9.80. The van der Waals surface area contributed by atoms with Gasteiger partial charge in [0.1, 0.15) is 0 Å². The van der Waals surface area contributed by atoms with Crippen molar-refractivity contribution in [2.45, 2.75) is 25.9 Å². The zero-order chi connectivity index (χ0) is 22.6. The van der Waals surface area contributed by atoms with Gasteiger partial charge in [0.2, 0.25) is 11.9 Å². The summed E-state index contributed by atoms with van der Waals surface area (Å²) in [5.41, 5.74) is -1.37. The Bertz CT molecular complexity index is 916. The van der Waals surface area contributed by atoms with Crippen LogP contribution >= 0.6 is 0 Å². The zero-order valence-electron chi connectivity index (χ0n) is 16.3. The average molecular weight is 424 g/mol. The highest BCUT2D eigenvalue weighted by Gasteiger charge is 2.47. The minimum absolute atomic E-state index is 0.0258. The number of benzene rings is 1. The number of carbonyl (C=O) groups excluding carboxylic acids is 4. The number of fused-ring (bicyclic) bond motifs is 1. The molecule has 0 unspecified atom stereocenters. The number of cyclic esters (lactones) is 1. The Hall–Kier alpha value is -3.76. The molecule has 0 radical (unpaired) electrons. The molecular formula is C19H20O11. The lowest BCUT2D eigenvalue weighted by molar-refractivity contribution is -0.153. The van der Waals surface area contributed by atoms with E-state index in [4.69, 9.17) is 14.2 Å². The van der Waals surface area contributed by atoms with Crippen LogP contribution in [-0.2, 0) is 33.3 Å². The fraction of sp³-hybridized carbons (Fsp3) is 0.368. The molecule has 162 valence electrons. The average Bonchev–Trinajstić information content (AvgIpc) is 2.70. The lowest BCUT2D eigenvalue weighted by Gasteiger charge is -2.32. The first-order valence-corrected chi connectivity index (χ1v) is 8.79. The summed E-state index contributed by atoms with van der Waals surface area (Å²) in [6.45, 7) is 2.89. The summed E-state index contributed by atoms with van der Waals surface area (Å²) >= 11 is 0. The summed E-state index contributed by atoms with van der Waals surface area (Å²) in [6.07, 6.45) is -1.08. The SMILES string of the molecule is CCOC(=O)/C=C(\C(=O)OCC)[C@H]1c2c(cc(O)c(O)c2O)C(=O)O[C@@H]1C(=O)OC. The molecule has 0 aliphatic carbocycles. The van der Waals surface area contributed by atoms with Crippen molar-refractivity contribution in [1.82, 2.24) is 0 Å². The van der Waals surface area contributed by atoms with Crippen LogP contribution in [-0.4, -0.2) is 65.6 Å². The molecule has 11 heteroatoms. The number of phenolic OH excluding ortho intramolecular Hbond substituents is 3. The van der Waals surface area contributed by atoms with Crippen molar-refractivity contribution >= 4 is 23.9 Å². The van der Waals surface area contributed by atoms with Gasteiger partial charge in [-0.25, -0.2) is 19.2 Å². The van der Waals surface area contributed by atoms with E-state index in [-0.39, 0.29) is 13.2 Å². The van der Waals surface area contributed by atoms with E-state index < -0.39 is 69.8 Å². The number of hydrogen-bond donors (Lipinski definition) is 3.